The molecule has 4 nitrogen and oxygen atoms in total. The molecule has 0 saturated heterocycles. The molecule has 0 aliphatic heterocycles. The van der Waals surface area contributed by atoms with Crippen molar-refractivity contribution >= 4 is 5.91 Å². The second-order valence-corrected chi connectivity index (χ2v) is 4.92. The van der Waals surface area contributed by atoms with E-state index in [0.717, 1.165) is 12.1 Å². The summed E-state index contributed by atoms with van der Waals surface area (Å²) in [4.78, 5) is 18.1. The average Bonchev–Trinajstić information content (AvgIpc) is 2.40. The highest BCUT2D eigenvalue weighted by atomic mass is 16.2. The van der Waals surface area contributed by atoms with Gasteiger partial charge in [-0.1, -0.05) is 18.3 Å². The summed E-state index contributed by atoms with van der Waals surface area (Å²) in [7, 11) is 1.84. The Morgan fingerprint density at radius 1 is 1.53 bits per heavy atom. The third-order valence-corrected chi connectivity index (χ3v) is 3.42. The monoisotopic (exact) mass is 257 g/mol. The molecule has 1 aromatic rings. The van der Waals surface area contributed by atoms with E-state index in [1.807, 2.05) is 7.05 Å². The number of pyridine rings is 1. The third-order valence-electron chi connectivity index (χ3n) is 3.42. The first kappa shape index (κ1) is 13.6. The van der Waals surface area contributed by atoms with Gasteiger partial charge in [0.2, 0.25) is 0 Å². The molecule has 1 aliphatic carbocycles. The molecule has 19 heavy (non-hydrogen) atoms. The van der Waals surface area contributed by atoms with Crippen molar-refractivity contribution in [3.63, 3.8) is 0 Å². The van der Waals surface area contributed by atoms with Gasteiger partial charge in [-0.3, -0.25) is 4.79 Å². The molecule has 2 N–H and O–H groups in total. The number of hydrogen-bond donors (Lipinski definition) is 1. The molecule has 0 unspecified atom stereocenters. The second kappa shape index (κ2) is 6.35. The lowest BCUT2D eigenvalue weighted by molar-refractivity contribution is 0.0739. The number of aromatic nitrogens is 1. The van der Waals surface area contributed by atoms with Gasteiger partial charge in [0.1, 0.15) is 5.69 Å². The molecule has 0 spiro atoms. The van der Waals surface area contributed by atoms with E-state index in [4.69, 9.17) is 5.73 Å². The molecular weight excluding hydrogens is 238 g/mol. The van der Waals surface area contributed by atoms with Gasteiger partial charge in [-0.15, -0.1) is 0 Å². The average molecular weight is 257 g/mol. The third kappa shape index (κ3) is 3.55. The minimum Gasteiger partial charge on any atom is -0.340 e. The van der Waals surface area contributed by atoms with E-state index in [1.54, 1.807) is 23.2 Å². The minimum atomic E-state index is -0.0229. The van der Waals surface area contributed by atoms with Gasteiger partial charge in [0.25, 0.3) is 5.91 Å². The minimum absolute atomic E-state index is 0.0229. The van der Waals surface area contributed by atoms with Crippen molar-refractivity contribution < 1.29 is 4.79 Å². The van der Waals surface area contributed by atoms with Crippen molar-refractivity contribution in [1.82, 2.24) is 9.88 Å². The van der Waals surface area contributed by atoms with Crippen LogP contribution in [0, 0.1) is 17.8 Å². The van der Waals surface area contributed by atoms with Gasteiger partial charge in [-0.2, -0.15) is 0 Å². The van der Waals surface area contributed by atoms with E-state index < -0.39 is 0 Å². The quantitative estimate of drug-likeness (QED) is 0.829. The fourth-order valence-corrected chi connectivity index (χ4v) is 2.09. The summed E-state index contributed by atoms with van der Waals surface area (Å²) in [5, 5.41) is 0. The summed E-state index contributed by atoms with van der Waals surface area (Å²) in [5.41, 5.74) is 6.56. The van der Waals surface area contributed by atoms with E-state index in [1.165, 1.54) is 19.3 Å². The van der Waals surface area contributed by atoms with Crippen molar-refractivity contribution in [3.8, 4) is 11.8 Å². The van der Waals surface area contributed by atoms with Gasteiger partial charge in [-0.05, 0) is 30.9 Å². The molecule has 1 aliphatic rings. The Morgan fingerprint density at radius 3 is 2.84 bits per heavy atom. The molecule has 1 aromatic heterocycles. The predicted octanol–water partition coefficient (Wildman–Crippen LogP) is 1.26. The molecule has 4 heteroatoms. The van der Waals surface area contributed by atoms with Crippen LogP contribution < -0.4 is 5.73 Å². The van der Waals surface area contributed by atoms with E-state index in [-0.39, 0.29) is 5.91 Å². The van der Waals surface area contributed by atoms with Crippen molar-refractivity contribution in [2.24, 2.45) is 11.7 Å². The maximum atomic E-state index is 12.2. The van der Waals surface area contributed by atoms with Crippen LogP contribution >= 0.6 is 0 Å². The van der Waals surface area contributed by atoms with Crippen LogP contribution in [0.2, 0.25) is 0 Å². The molecule has 0 atom stereocenters. The molecule has 1 fully saturated rings. The van der Waals surface area contributed by atoms with Gasteiger partial charge in [-0.25, -0.2) is 4.98 Å². The van der Waals surface area contributed by atoms with E-state index in [2.05, 4.69) is 16.8 Å². The Morgan fingerprint density at radius 2 is 2.32 bits per heavy atom. The first-order valence-corrected chi connectivity index (χ1v) is 6.61. The highest BCUT2D eigenvalue weighted by molar-refractivity contribution is 5.92. The van der Waals surface area contributed by atoms with Crippen molar-refractivity contribution in [2.45, 2.75) is 19.3 Å². The highest BCUT2D eigenvalue weighted by Crippen LogP contribution is 2.26. The van der Waals surface area contributed by atoms with E-state index in [9.17, 15) is 4.79 Å². The maximum Gasteiger partial charge on any atom is 0.272 e. The normalized spacial score (nSPS) is 14.2. The summed E-state index contributed by atoms with van der Waals surface area (Å²) in [6, 6.07) is 3.53. The molecule has 1 heterocycles. The summed E-state index contributed by atoms with van der Waals surface area (Å²) in [6.45, 7) is 1.15. The highest BCUT2D eigenvalue weighted by Gasteiger charge is 2.22. The molecule has 2 rings (SSSR count). The first-order valence-electron chi connectivity index (χ1n) is 6.61. The fourth-order valence-electron chi connectivity index (χ4n) is 2.09. The number of carbonyl (C=O) groups excluding carboxylic acids is 1. The summed E-state index contributed by atoms with van der Waals surface area (Å²) in [5.74, 6) is 6.29. The summed E-state index contributed by atoms with van der Waals surface area (Å²) in [6.07, 6.45) is 5.38. The molecule has 0 bridgehead atoms. The SMILES string of the molecule is CN(CC1CCC1)C(=O)c1ccc(C#CCN)cn1. The molecular formula is C15H19N3O. The topological polar surface area (TPSA) is 59.2 Å². The maximum absolute atomic E-state index is 12.2. The van der Waals surface area contributed by atoms with Gasteiger partial charge < -0.3 is 10.6 Å². The lowest BCUT2D eigenvalue weighted by Crippen LogP contribution is -2.34. The Labute approximate surface area is 114 Å². The first-order chi connectivity index (χ1) is 9.20. The Balaban J connectivity index is 1.98. The molecule has 100 valence electrons. The summed E-state index contributed by atoms with van der Waals surface area (Å²) >= 11 is 0. The van der Waals surface area contributed by atoms with Crippen molar-refractivity contribution in [1.29, 1.82) is 0 Å². The van der Waals surface area contributed by atoms with Crippen LogP contribution in [0.1, 0.15) is 35.3 Å². The van der Waals surface area contributed by atoms with Crippen LogP contribution in [-0.2, 0) is 0 Å². The number of carbonyl (C=O) groups is 1. The Hall–Kier alpha value is -1.86. The molecule has 0 radical (unpaired) electrons. The van der Waals surface area contributed by atoms with Crippen molar-refractivity contribution in [3.05, 3.63) is 29.6 Å². The standard InChI is InChI=1S/C15H19N3O/c1-18(11-13-4-2-5-13)15(19)14-8-7-12(10-17-14)6-3-9-16/h7-8,10,13H,2,4-5,9,11,16H2,1H3. The zero-order valence-electron chi connectivity index (χ0n) is 11.2. The zero-order valence-corrected chi connectivity index (χ0v) is 11.2. The van der Waals surface area contributed by atoms with Gasteiger partial charge >= 0.3 is 0 Å². The lowest BCUT2D eigenvalue weighted by Gasteiger charge is -2.29. The van der Waals surface area contributed by atoms with Gasteiger partial charge in [0.05, 0.1) is 6.54 Å². The van der Waals surface area contributed by atoms with Crippen LogP contribution in [0.3, 0.4) is 0 Å². The van der Waals surface area contributed by atoms with E-state index >= 15 is 0 Å². The Kier molecular flexibility index (Phi) is 4.53. The number of rotatable bonds is 3. The number of nitrogens with zero attached hydrogens (tertiary/aromatic N) is 2. The predicted molar refractivity (Wildman–Crippen MR) is 74.5 cm³/mol. The molecule has 1 saturated carbocycles. The van der Waals surface area contributed by atoms with Gasteiger partial charge in [0.15, 0.2) is 0 Å². The van der Waals surface area contributed by atoms with Crippen LogP contribution in [0.4, 0.5) is 0 Å². The zero-order chi connectivity index (χ0) is 13.7. The van der Waals surface area contributed by atoms with Crippen LogP contribution in [0.15, 0.2) is 18.3 Å². The number of amides is 1. The lowest BCUT2D eigenvalue weighted by atomic mass is 9.85. The van der Waals surface area contributed by atoms with Crippen LogP contribution in [0.25, 0.3) is 0 Å². The second-order valence-electron chi connectivity index (χ2n) is 4.92. The van der Waals surface area contributed by atoms with Crippen LogP contribution in [0.5, 0.6) is 0 Å². The van der Waals surface area contributed by atoms with Crippen LogP contribution in [-0.4, -0.2) is 35.9 Å². The van der Waals surface area contributed by atoms with Gasteiger partial charge in [0, 0.05) is 25.4 Å². The summed E-state index contributed by atoms with van der Waals surface area (Å²) < 4.78 is 0. The van der Waals surface area contributed by atoms with Crippen molar-refractivity contribution in [2.75, 3.05) is 20.1 Å². The van der Waals surface area contributed by atoms with E-state index in [0.29, 0.717) is 18.2 Å². The fraction of sp³-hybridized carbons (Fsp3) is 0.467. The molecule has 0 aromatic carbocycles. The largest absolute Gasteiger partial charge is 0.340 e. The molecule has 1 amide bonds. The Bertz CT molecular complexity index is 494. The number of nitrogens with two attached hydrogens (primary N) is 1. The smallest absolute Gasteiger partial charge is 0.272 e. The number of hydrogen-bond acceptors (Lipinski definition) is 3.